The highest BCUT2D eigenvalue weighted by Gasteiger charge is 2.06. The maximum absolute atomic E-state index is 12.9. The number of rotatable bonds is 2. The van der Waals surface area contributed by atoms with Crippen molar-refractivity contribution in [1.29, 1.82) is 10.5 Å². The molecule has 1 aromatic heterocycles. The molecule has 0 spiro atoms. The molecule has 0 N–H and O–H groups in total. The molecule has 0 aliphatic carbocycles. The highest BCUT2D eigenvalue weighted by atomic mass is 32.2. The zero-order valence-corrected chi connectivity index (χ0v) is 18.3. The van der Waals surface area contributed by atoms with Crippen molar-refractivity contribution in [2.24, 2.45) is 0 Å². The van der Waals surface area contributed by atoms with Crippen molar-refractivity contribution in [1.82, 2.24) is 4.98 Å². The van der Waals surface area contributed by atoms with Crippen LogP contribution in [0, 0.1) is 28.5 Å². The number of nitriles is 2. The molecule has 0 fully saturated rings. The topological polar surface area (TPSA) is 94.6 Å². The van der Waals surface area contributed by atoms with Gasteiger partial charge in [0, 0.05) is 24.8 Å². The van der Waals surface area contributed by atoms with Crippen molar-refractivity contribution in [3.63, 3.8) is 0 Å². The predicted octanol–water partition coefficient (Wildman–Crippen LogP) is 5.53. The lowest BCUT2D eigenvalue weighted by Gasteiger charge is -2.05. The second-order valence-corrected chi connectivity index (χ2v) is 8.53. The molecule has 32 heavy (non-hydrogen) atoms. The summed E-state index contributed by atoms with van der Waals surface area (Å²) in [6.45, 7) is 1.43. The fraction of sp³-hybridized carbons (Fsp3) is 0.0800. The van der Waals surface area contributed by atoms with Crippen molar-refractivity contribution < 1.29 is 12.8 Å². The summed E-state index contributed by atoms with van der Waals surface area (Å²) < 4.78 is 34.9. The van der Waals surface area contributed by atoms with Crippen LogP contribution >= 0.6 is 0 Å². The Bertz CT molecular complexity index is 1380. The van der Waals surface area contributed by atoms with Crippen LogP contribution in [0.15, 0.2) is 90.0 Å². The molecular formula is C25H20FN3O2S. The van der Waals surface area contributed by atoms with Crippen LogP contribution in [0.1, 0.15) is 12.5 Å². The van der Waals surface area contributed by atoms with Gasteiger partial charge in [-0.3, -0.25) is 4.98 Å². The maximum atomic E-state index is 12.9. The lowest BCUT2D eigenvalue weighted by molar-refractivity contribution is 0.602. The van der Waals surface area contributed by atoms with E-state index in [0.29, 0.717) is 5.56 Å². The zero-order valence-electron chi connectivity index (χ0n) is 17.5. The largest absolute Gasteiger partial charge is 0.256 e. The number of benzene rings is 3. The van der Waals surface area contributed by atoms with Crippen LogP contribution in [0.2, 0.25) is 0 Å². The van der Waals surface area contributed by atoms with Crippen molar-refractivity contribution in [3.05, 3.63) is 96.4 Å². The van der Waals surface area contributed by atoms with E-state index in [2.05, 4.69) is 4.98 Å². The van der Waals surface area contributed by atoms with E-state index in [-0.39, 0.29) is 10.7 Å². The van der Waals surface area contributed by atoms with E-state index in [1.807, 2.05) is 36.4 Å². The van der Waals surface area contributed by atoms with Gasteiger partial charge in [-0.2, -0.15) is 10.5 Å². The summed E-state index contributed by atoms with van der Waals surface area (Å²) in [5.41, 5.74) is 3.40. The number of sulfone groups is 1. The first kappa shape index (κ1) is 24.2. The molecule has 0 aliphatic heterocycles. The van der Waals surface area contributed by atoms with Gasteiger partial charge in [-0.05, 0) is 53.6 Å². The number of pyridine rings is 1. The van der Waals surface area contributed by atoms with E-state index >= 15 is 0 Å². The normalized spacial score (nSPS) is 9.91. The van der Waals surface area contributed by atoms with Gasteiger partial charge in [0.1, 0.15) is 5.82 Å². The minimum Gasteiger partial charge on any atom is -0.256 e. The van der Waals surface area contributed by atoms with Gasteiger partial charge in [0.05, 0.1) is 28.1 Å². The molecule has 4 aromatic rings. The summed E-state index contributed by atoms with van der Waals surface area (Å²) in [4.78, 5) is 4.49. The average Bonchev–Trinajstić information content (AvgIpc) is 2.80. The third-order valence-corrected chi connectivity index (χ3v) is 5.31. The van der Waals surface area contributed by atoms with Crippen LogP contribution in [0.3, 0.4) is 0 Å². The fourth-order valence-electron chi connectivity index (χ4n) is 2.77. The summed E-state index contributed by atoms with van der Waals surface area (Å²) >= 11 is 0. The number of nitrogens with zero attached hydrogens (tertiary/aromatic N) is 3. The van der Waals surface area contributed by atoms with Gasteiger partial charge in [0.15, 0.2) is 9.84 Å². The second-order valence-electron chi connectivity index (χ2n) is 6.52. The fourth-order valence-corrected chi connectivity index (χ4v) is 3.44. The molecule has 0 atom stereocenters. The van der Waals surface area contributed by atoms with Crippen molar-refractivity contribution in [2.45, 2.75) is 11.8 Å². The third kappa shape index (κ3) is 6.73. The molecule has 0 bridgehead atoms. The van der Waals surface area contributed by atoms with E-state index < -0.39 is 9.84 Å². The van der Waals surface area contributed by atoms with Gasteiger partial charge in [-0.1, -0.05) is 36.4 Å². The maximum Gasteiger partial charge on any atom is 0.175 e. The molecule has 0 radical (unpaired) electrons. The molecule has 0 unspecified atom stereocenters. The van der Waals surface area contributed by atoms with Crippen LogP contribution in [0.5, 0.6) is 0 Å². The SMILES string of the molecule is CC#N.CS(=O)(=O)c1cccc(C#N)c1.Fc1ccc(-c2ccnc3ccccc23)cc1. The Morgan fingerprint density at radius 2 is 1.56 bits per heavy atom. The first-order chi connectivity index (χ1) is 15.3. The molecule has 0 amide bonds. The summed E-state index contributed by atoms with van der Waals surface area (Å²) in [6, 6.07) is 26.0. The van der Waals surface area contributed by atoms with Crippen LogP contribution < -0.4 is 0 Å². The van der Waals surface area contributed by atoms with E-state index in [9.17, 15) is 12.8 Å². The average molecular weight is 446 g/mol. The Morgan fingerprint density at radius 1 is 0.906 bits per heavy atom. The van der Waals surface area contributed by atoms with Gasteiger partial charge >= 0.3 is 0 Å². The third-order valence-electron chi connectivity index (χ3n) is 4.20. The van der Waals surface area contributed by atoms with E-state index in [1.165, 1.54) is 31.2 Å². The molecule has 0 saturated carbocycles. The van der Waals surface area contributed by atoms with Gasteiger partial charge in [-0.15, -0.1) is 0 Å². The van der Waals surface area contributed by atoms with Crippen LogP contribution in [0.4, 0.5) is 4.39 Å². The molecule has 0 aliphatic rings. The number of halogens is 1. The molecular weight excluding hydrogens is 425 g/mol. The number of aromatic nitrogens is 1. The van der Waals surface area contributed by atoms with Gasteiger partial charge in [0.25, 0.3) is 0 Å². The molecule has 1 heterocycles. The van der Waals surface area contributed by atoms with Crippen molar-refractivity contribution in [3.8, 4) is 23.3 Å². The Hall–Kier alpha value is -4.07. The Balaban J connectivity index is 0.000000213. The van der Waals surface area contributed by atoms with Gasteiger partial charge in [-0.25, -0.2) is 12.8 Å². The molecule has 4 rings (SSSR count). The van der Waals surface area contributed by atoms with E-state index in [4.69, 9.17) is 10.5 Å². The Labute approximate surface area is 186 Å². The zero-order chi connectivity index (χ0) is 23.6. The van der Waals surface area contributed by atoms with Crippen molar-refractivity contribution in [2.75, 3.05) is 6.26 Å². The second kappa shape index (κ2) is 11.4. The van der Waals surface area contributed by atoms with Crippen LogP contribution in [-0.4, -0.2) is 19.7 Å². The van der Waals surface area contributed by atoms with Crippen LogP contribution in [-0.2, 0) is 9.84 Å². The summed E-state index contributed by atoms with van der Waals surface area (Å²) in [6.07, 6.45) is 2.89. The first-order valence-electron chi connectivity index (χ1n) is 9.41. The smallest absolute Gasteiger partial charge is 0.175 e. The number of hydrogen-bond acceptors (Lipinski definition) is 5. The number of hydrogen-bond donors (Lipinski definition) is 0. The number of fused-ring (bicyclic) bond motifs is 1. The van der Waals surface area contributed by atoms with E-state index in [1.54, 1.807) is 36.5 Å². The highest BCUT2D eigenvalue weighted by Crippen LogP contribution is 2.27. The molecule has 7 heteroatoms. The Morgan fingerprint density at radius 3 is 2.19 bits per heavy atom. The predicted molar refractivity (Wildman–Crippen MR) is 123 cm³/mol. The summed E-state index contributed by atoms with van der Waals surface area (Å²) in [7, 11) is -3.19. The lowest BCUT2D eigenvalue weighted by Crippen LogP contribution is -1.96. The molecule has 160 valence electrons. The molecule has 0 saturated heterocycles. The minimum absolute atomic E-state index is 0.182. The van der Waals surface area contributed by atoms with Crippen LogP contribution in [0.25, 0.3) is 22.0 Å². The minimum atomic E-state index is -3.19. The van der Waals surface area contributed by atoms with E-state index in [0.717, 1.165) is 28.3 Å². The summed E-state index contributed by atoms with van der Waals surface area (Å²) in [5.74, 6) is -0.216. The van der Waals surface area contributed by atoms with Gasteiger partial charge in [0.2, 0.25) is 0 Å². The summed E-state index contributed by atoms with van der Waals surface area (Å²) in [5, 5.41) is 16.9. The van der Waals surface area contributed by atoms with Gasteiger partial charge < -0.3 is 0 Å². The lowest BCUT2D eigenvalue weighted by atomic mass is 10.0. The standard InChI is InChI=1S/C15H10FN.C8H7NO2S.C2H3N/c16-12-7-5-11(6-8-12)13-9-10-17-15-4-2-1-3-14(13)15;1-12(10,11)8-4-2-3-7(5-8)6-9;1-2-3/h1-10H;2-5H,1H3;1H3. The molecule has 5 nitrogen and oxygen atoms in total. The monoisotopic (exact) mass is 445 g/mol. The quantitative estimate of drug-likeness (QED) is 0.404. The highest BCUT2D eigenvalue weighted by molar-refractivity contribution is 7.90. The first-order valence-corrected chi connectivity index (χ1v) is 11.3. The number of para-hydroxylation sites is 1. The Kier molecular flexibility index (Phi) is 8.59. The molecule has 3 aromatic carbocycles. The van der Waals surface area contributed by atoms with Crippen molar-refractivity contribution >= 4 is 20.7 Å².